The van der Waals surface area contributed by atoms with Gasteiger partial charge < -0.3 is 4.42 Å². The van der Waals surface area contributed by atoms with Crippen LogP contribution in [0.3, 0.4) is 0 Å². The lowest BCUT2D eigenvalue weighted by Crippen LogP contribution is -2.03. The second-order valence-corrected chi connectivity index (χ2v) is 14.3. The molecule has 12 aromatic rings. The third-order valence-corrected chi connectivity index (χ3v) is 11.8. The van der Waals surface area contributed by atoms with E-state index >= 15 is 0 Å². The number of rotatable bonds is 2. The van der Waals surface area contributed by atoms with E-state index in [2.05, 4.69) is 144 Å². The van der Waals surface area contributed by atoms with Gasteiger partial charge in [-0.2, -0.15) is 4.98 Å². The summed E-state index contributed by atoms with van der Waals surface area (Å²) < 4.78 is 11.3. The molecule has 0 atom stereocenters. The molecule has 0 unspecified atom stereocenters. The Labute approximate surface area is 294 Å². The highest BCUT2D eigenvalue weighted by Crippen LogP contribution is 2.48. The van der Waals surface area contributed by atoms with Gasteiger partial charge in [-0.25, -0.2) is 4.98 Å². The van der Waals surface area contributed by atoms with Crippen LogP contribution in [0.15, 0.2) is 156 Å². The molecule has 4 nitrogen and oxygen atoms in total. The number of hydrogen-bond donors (Lipinski definition) is 0. The molecule has 51 heavy (non-hydrogen) atoms. The molecule has 0 spiro atoms. The van der Waals surface area contributed by atoms with E-state index in [1.165, 1.54) is 63.3 Å². The van der Waals surface area contributed by atoms with Gasteiger partial charge in [0.1, 0.15) is 5.58 Å². The summed E-state index contributed by atoms with van der Waals surface area (Å²) in [7, 11) is 0. The number of para-hydroxylation sites is 2. The van der Waals surface area contributed by atoms with Crippen LogP contribution in [0.5, 0.6) is 0 Å². The molecule has 0 aliphatic heterocycles. The van der Waals surface area contributed by atoms with Crippen LogP contribution in [0.25, 0.3) is 114 Å². The van der Waals surface area contributed by atoms with Crippen molar-refractivity contribution in [3.05, 3.63) is 152 Å². The molecule has 4 aromatic heterocycles. The van der Waals surface area contributed by atoms with Crippen LogP contribution in [0.1, 0.15) is 0 Å². The van der Waals surface area contributed by atoms with Gasteiger partial charge in [0, 0.05) is 37.2 Å². The van der Waals surface area contributed by atoms with E-state index in [-0.39, 0.29) is 0 Å². The predicted molar refractivity (Wildman–Crippen MR) is 214 cm³/mol. The summed E-state index contributed by atoms with van der Waals surface area (Å²) in [5.74, 6) is 0.593. The highest BCUT2D eigenvalue weighted by molar-refractivity contribution is 7.27. The van der Waals surface area contributed by atoms with Gasteiger partial charge in [-0.1, -0.05) is 127 Å². The first-order valence-electron chi connectivity index (χ1n) is 17.2. The number of aromatic nitrogens is 3. The molecule has 0 bridgehead atoms. The highest BCUT2D eigenvalue weighted by atomic mass is 32.1. The fourth-order valence-corrected chi connectivity index (χ4v) is 9.67. The molecule has 0 fully saturated rings. The largest absolute Gasteiger partial charge is 0.437 e. The van der Waals surface area contributed by atoms with Crippen LogP contribution < -0.4 is 0 Å². The maximum atomic E-state index is 6.57. The number of nitrogens with zero attached hydrogens (tertiary/aromatic N) is 3. The Morgan fingerprint density at radius 2 is 1.16 bits per heavy atom. The lowest BCUT2D eigenvalue weighted by atomic mass is 9.98. The van der Waals surface area contributed by atoms with Crippen LogP contribution in [-0.4, -0.2) is 14.5 Å². The monoisotopic (exact) mass is 667 g/mol. The normalized spacial score (nSPS) is 12.3. The van der Waals surface area contributed by atoms with Crippen LogP contribution in [0.2, 0.25) is 0 Å². The second-order valence-electron chi connectivity index (χ2n) is 13.3. The van der Waals surface area contributed by atoms with E-state index in [4.69, 9.17) is 14.4 Å². The van der Waals surface area contributed by atoms with Crippen molar-refractivity contribution < 1.29 is 4.42 Å². The standard InChI is InChI=1S/C46H25N3OS/c1-2-12-29-26(11-1)21-22-27-25-28(23-24-30(27)29)42-41-34-16-6-9-19-37(34)50-45(41)48-46(47-42)49-36-18-8-5-15-33(36)39-31-13-3-4-14-32(31)40-35-17-7-10-20-38(35)51-44(40)43(39)49/h1-25H. The van der Waals surface area contributed by atoms with Gasteiger partial charge in [0.25, 0.3) is 0 Å². The molecule has 0 saturated heterocycles. The lowest BCUT2D eigenvalue weighted by Gasteiger charge is -2.12. The van der Waals surface area contributed by atoms with Gasteiger partial charge in [0.05, 0.1) is 26.8 Å². The average molecular weight is 668 g/mol. The van der Waals surface area contributed by atoms with Crippen LogP contribution >= 0.6 is 11.3 Å². The zero-order valence-corrected chi connectivity index (χ0v) is 27.9. The summed E-state index contributed by atoms with van der Waals surface area (Å²) in [5, 5.41) is 14.2. The minimum atomic E-state index is 0.578. The van der Waals surface area contributed by atoms with Crippen molar-refractivity contribution in [3.8, 4) is 17.2 Å². The molecular formula is C46H25N3OS. The number of hydrogen-bond acceptors (Lipinski definition) is 4. The molecule has 5 heteroatoms. The molecule has 0 amide bonds. The topological polar surface area (TPSA) is 43.9 Å². The molecule has 236 valence electrons. The number of furan rings is 1. The summed E-state index contributed by atoms with van der Waals surface area (Å²) in [6.07, 6.45) is 0. The van der Waals surface area contributed by atoms with E-state index < -0.39 is 0 Å². The van der Waals surface area contributed by atoms with E-state index in [0.717, 1.165) is 38.6 Å². The maximum absolute atomic E-state index is 6.57. The molecule has 0 aliphatic carbocycles. The third kappa shape index (κ3) is 3.68. The fourth-order valence-electron chi connectivity index (χ4n) is 8.42. The predicted octanol–water partition coefficient (Wildman–Crippen LogP) is 13.0. The van der Waals surface area contributed by atoms with Gasteiger partial charge >= 0.3 is 0 Å². The van der Waals surface area contributed by atoms with Gasteiger partial charge in [-0.15, -0.1) is 11.3 Å². The smallest absolute Gasteiger partial charge is 0.238 e. The Bertz CT molecular complexity index is 3440. The molecule has 0 radical (unpaired) electrons. The van der Waals surface area contributed by atoms with Crippen molar-refractivity contribution in [2.45, 2.75) is 0 Å². The summed E-state index contributed by atoms with van der Waals surface area (Å²) in [4.78, 5) is 10.8. The van der Waals surface area contributed by atoms with E-state index in [0.29, 0.717) is 11.7 Å². The van der Waals surface area contributed by atoms with Crippen LogP contribution in [0, 0.1) is 0 Å². The first-order chi connectivity index (χ1) is 25.3. The Morgan fingerprint density at radius 3 is 2.04 bits per heavy atom. The van der Waals surface area contributed by atoms with Crippen LogP contribution in [-0.2, 0) is 0 Å². The molecule has 0 saturated carbocycles. The number of thiophene rings is 1. The van der Waals surface area contributed by atoms with Crippen molar-refractivity contribution in [2.24, 2.45) is 0 Å². The third-order valence-electron chi connectivity index (χ3n) is 10.6. The Hall–Kier alpha value is -6.56. The first kappa shape index (κ1) is 27.3. The number of benzene rings is 8. The van der Waals surface area contributed by atoms with E-state index in [1.54, 1.807) is 0 Å². The summed E-state index contributed by atoms with van der Waals surface area (Å²) >= 11 is 1.84. The average Bonchev–Trinajstić information content (AvgIpc) is 3.87. The molecular weight excluding hydrogens is 643 g/mol. The summed E-state index contributed by atoms with van der Waals surface area (Å²) in [5.41, 5.74) is 5.44. The zero-order valence-electron chi connectivity index (χ0n) is 27.1. The maximum Gasteiger partial charge on any atom is 0.238 e. The quantitative estimate of drug-likeness (QED) is 0.172. The number of fused-ring (bicyclic) bond motifs is 16. The van der Waals surface area contributed by atoms with Crippen molar-refractivity contribution in [3.63, 3.8) is 0 Å². The lowest BCUT2D eigenvalue weighted by molar-refractivity contribution is 0.651. The molecule has 12 rings (SSSR count). The van der Waals surface area contributed by atoms with Crippen LogP contribution in [0.4, 0.5) is 0 Å². The fraction of sp³-hybridized carbons (Fsp3) is 0. The molecule has 4 heterocycles. The Morgan fingerprint density at radius 1 is 0.490 bits per heavy atom. The van der Waals surface area contributed by atoms with Crippen molar-refractivity contribution >= 4 is 108 Å². The van der Waals surface area contributed by atoms with E-state index in [1.807, 2.05) is 23.5 Å². The molecule has 0 N–H and O–H groups in total. The molecule has 8 aromatic carbocycles. The van der Waals surface area contributed by atoms with Gasteiger partial charge in [-0.05, 0) is 56.6 Å². The second kappa shape index (κ2) is 10.0. The Kier molecular flexibility index (Phi) is 5.35. The SMILES string of the molecule is c1ccc2c(c1)ccc1cc(-c3nc(-n4c5ccccc5c5c6ccccc6c6c7ccccc7sc6c54)nc4oc5ccccc5c34)ccc12. The van der Waals surface area contributed by atoms with Crippen molar-refractivity contribution in [1.82, 2.24) is 14.5 Å². The van der Waals surface area contributed by atoms with Crippen molar-refractivity contribution in [1.29, 1.82) is 0 Å². The van der Waals surface area contributed by atoms with Gasteiger partial charge in [0.15, 0.2) is 0 Å². The van der Waals surface area contributed by atoms with Gasteiger partial charge in [0.2, 0.25) is 11.7 Å². The minimum absolute atomic E-state index is 0.578. The zero-order chi connectivity index (χ0) is 33.2. The van der Waals surface area contributed by atoms with Crippen molar-refractivity contribution in [2.75, 3.05) is 0 Å². The summed E-state index contributed by atoms with van der Waals surface area (Å²) in [6.45, 7) is 0. The highest BCUT2D eigenvalue weighted by Gasteiger charge is 2.25. The van der Waals surface area contributed by atoms with E-state index in [9.17, 15) is 0 Å². The summed E-state index contributed by atoms with van der Waals surface area (Å²) in [6, 6.07) is 54.1. The Balaban J connectivity index is 1.25. The van der Waals surface area contributed by atoms with Gasteiger partial charge in [-0.3, -0.25) is 4.57 Å². The first-order valence-corrected chi connectivity index (χ1v) is 18.0. The molecule has 0 aliphatic rings. The minimum Gasteiger partial charge on any atom is -0.437 e.